The number of rotatable bonds is 3. The summed E-state index contributed by atoms with van der Waals surface area (Å²) in [4.78, 5) is 31.5. The van der Waals surface area contributed by atoms with Crippen LogP contribution >= 0.6 is 23.2 Å². The summed E-state index contributed by atoms with van der Waals surface area (Å²) in [5.41, 5.74) is 2.88. The standard InChI is InChI=1S/C28H38Cl2N6O2/c1-15(2)22-23(17(4)11-21(32-22)33-27(37)38-28(6,7)8)36-14-31-25(35-13-16(3)9-10-18(35)5)19-12-20(29)24(30)34-26(19)36/h11-12,15-16,18H,9-10,13-14H2,1-8H3,(H,32,33,37)/t16-,18-/m0/s1. The van der Waals surface area contributed by atoms with Gasteiger partial charge in [0.25, 0.3) is 0 Å². The fourth-order valence-electron chi connectivity index (χ4n) is 5.04. The maximum atomic E-state index is 12.4. The normalized spacial score (nSPS) is 19.8. The Bertz CT molecular complexity index is 1260. The van der Waals surface area contributed by atoms with Crippen LogP contribution in [0.4, 0.5) is 22.1 Å². The number of hydrogen-bond donors (Lipinski definition) is 1. The van der Waals surface area contributed by atoms with Crippen molar-refractivity contribution < 1.29 is 9.53 Å². The van der Waals surface area contributed by atoms with E-state index >= 15 is 0 Å². The Labute approximate surface area is 235 Å². The number of aryl methyl sites for hydroxylation is 1. The van der Waals surface area contributed by atoms with Gasteiger partial charge in [0.15, 0.2) is 0 Å². The van der Waals surface area contributed by atoms with E-state index in [0.717, 1.165) is 41.3 Å². The summed E-state index contributed by atoms with van der Waals surface area (Å²) >= 11 is 12.9. The van der Waals surface area contributed by atoms with Crippen LogP contribution in [0, 0.1) is 12.8 Å². The molecule has 4 rings (SSSR count). The molecule has 0 aliphatic carbocycles. The van der Waals surface area contributed by atoms with Crippen LogP contribution in [0.25, 0.3) is 0 Å². The van der Waals surface area contributed by atoms with E-state index in [4.69, 9.17) is 42.9 Å². The highest BCUT2D eigenvalue weighted by atomic mass is 35.5. The Hall–Kier alpha value is -2.58. The maximum Gasteiger partial charge on any atom is 0.413 e. The predicted octanol–water partition coefficient (Wildman–Crippen LogP) is 7.54. The number of nitrogens with one attached hydrogen (secondary N) is 1. The first-order valence-corrected chi connectivity index (χ1v) is 14.0. The fraction of sp³-hybridized carbons (Fsp3) is 0.571. The van der Waals surface area contributed by atoms with Crippen LogP contribution in [-0.4, -0.2) is 51.7 Å². The quantitative estimate of drug-likeness (QED) is 0.390. The second kappa shape index (κ2) is 10.9. The van der Waals surface area contributed by atoms with Gasteiger partial charge in [0.05, 0.1) is 22.0 Å². The highest BCUT2D eigenvalue weighted by molar-refractivity contribution is 6.41. The van der Waals surface area contributed by atoms with Crippen molar-refractivity contribution in [3.8, 4) is 0 Å². The number of aromatic nitrogens is 2. The summed E-state index contributed by atoms with van der Waals surface area (Å²) in [5.74, 6) is 2.68. The second-order valence-corrected chi connectivity index (χ2v) is 12.5. The molecule has 38 heavy (non-hydrogen) atoms. The summed E-state index contributed by atoms with van der Waals surface area (Å²) in [6, 6.07) is 4.08. The molecule has 1 saturated heterocycles. The molecule has 0 aromatic carbocycles. The topological polar surface area (TPSA) is 82.9 Å². The Morgan fingerprint density at radius 1 is 1.16 bits per heavy atom. The van der Waals surface area contributed by atoms with Crippen LogP contribution in [0.3, 0.4) is 0 Å². The molecule has 0 unspecified atom stereocenters. The first-order chi connectivity index (χ1) is 17.7. The lowest BCUT2D eigenvalue weighted by atomic mass is 9.94. The van der Waals surface area contributed by atoms with Crippen molar-refractivity contribution in [3.05, 3.63) is 39.1 Å². The summed E-state index contributed by atoms with van der Waals surface area (Å²) in [6.07, 6.45) is 1.77. The highest BCUT2D eigenvalue weighted by Gasteiger charge is 2.34. The molecular weight excluding hydrogens is 523 g/mol. The summed E-state index contributed by atoms with van der Waals surface area (Å²) in [5, 5.41) is 3.42. The molecule has 0 radical (unpaired) electrons. The lowest BCUT2D eigenvalue weighted by Crippen LogP contribution is -2.47. The number of amides is 1. The number of halogens is 2. The highest BCUT2D eigenvalue weighted by Crippen LogP contribution is 2.41. The number of amidine groups is 1. The molecule has 2 aliphatic rings. The zero-order valence-electron chi connectivity index (χ0n) is 23.5. The molecule has 8 nitrogen and oxygen atoms in total. The smallest absolute Gasteiger partial charge is 0.413 e. The van der Waals surface area contributed by atoms with Gasteiger partial charge in [-0.1, -0.05) is 44.0 Å². The van der Waals surface area contributed by atoms with Gasteiger partial charge < -0.3 is 14.5 Å². The van der Waals surface area contributed by atoms with Gasteiger partial charge in [-0.25, -0.2) is 19.8 Å². The third-order valence-corrected chi connectivity index (χ3v) is 7.49. The Balaban J connectivity index is 1.78. The van der Waals surface area contributed by atoms with Gasteiger partial charge in [-0.05, 0) is 77.0 Å². The van der Waals surface area contributed by atoms with Crippen molar-refractivity contribution in [2.45, 2.75) is 85.8 Å². The molecule has 2 aliphatic heterocycles. The molecule has 2 atom stereocenters. The number of nitrogens with zero attached hydrogens (tertiary/aromatic N) is 5. The summed E-state index contributed by atoms with van der Waals surface area (Å²) in [6.45, 7) is 17.4. The molecule has 2 aromatic rings. The number of aliphatic imine (C=N–C) groups is 1. The number of carbonyl (C=O) groups excluding carboxylic acids is 1. The summed E-state index contributed by atoms with van der Waals surface area (Å²) in [7, 11) is 0. The van der Waals surface area contributed by atoms with Crippen LogP contribution < -0.4 is 10.2 Å². The van der Waals surface area contributed by atoms with E-state index in [1.165, 1.54) is 6.42 Å². The maximum absolute atomic E-state index is 12.4. The largest absolute Gasteiger partial charge is 0.444 e. The molecule has 1 N–H and O–H groups in total. The number of pyridine rings is 2. The fourth-order valence-corrected chi connectivity index (χ4v) is 5.33. The Morgan fingerprint density at radius 3 is 2.53 bits per heavy atom. The van der Waals surface area contributed by atoms with Gasteiger partial charge in [-0.15, -0.1) is 0 Å². The molecular formula is C28H38Cl2N6O2. The molecule has 206 valence electrons. The van der Waals surface area contributed by atoms with Crippen molar-refractivity contribution in [1.82, 2.24) is 14.9 Å². The lowest BCUT2D eigenvalue weighted by molar-refractivity contribution is 0.0635. The molecule has 10 heteroatoms. The minimum Gasteiger partial charge on any atom is -0.444 e. The third-order valence-electron chi connectivity index (χ3n) is 6.82. The van der Waals surface area contributed by atoms with Crippen molar-refractivity contribution in [2.24, 2.45) is 10.9 Å². The Morgan fingerprint density at radius 2 is 1.87 bits per heavy atom. The van der Waals surface area contributed by atoms with Gasteiger partial charge in [0, 0.05) is 12.6 Å². The van der Waals surface area contributed by atoms with Crippen LogP contribution in [0.5, 0.6) is 0 Å². The number of carbonyl (C=O) groups is 1. The molecule has 1 fully saturated rings. The van der Waals surface area contributed by atoms with E-state index in [1.807, 2.05) is 44.7 Å². The lowest BCUT2D eigenvalue weighted by Gasteiger charge is -2.42. The average Bonchev–Trinajstić information content (AvgIpc) is 2.79. The first-order valence-electron chi connectivity index (χ1n) is 13.2. The molecule has 0 saturated carbocycles. The number of fused-ring (bicyclic) bond motifs is 1. The van der Waals surface area contributed by atoms with E-state index in [2.05, 4.69) is 37.9 Å². The van der Waals surface area contributed by atoms with E-state index in [1.54, 1.807) is 0 Å². The van der Waals surface area contributed by atoms with Crippen molar-refractivity contribution in [2.75, 3.05) is 23.4 Å². The Kier molecular flexibility index (Phi) is 8.15. The van der Waals surface area contributed by atoms with E-state index in [0.29, 0.717) is 35.3 Å². The van der Waals surface area contributed by atoms with Gasteiger partial charge in [-0.3, -0.25) is 5.32 Å². The zero-order chi connectivity index (χ0) is 27.9. The molecule has 1 amide bonds. The number of hydrogen-bond acceptors (Lipinski definition) is 7. The van der Waals surface area contributed by atoms with E-state index < -0.39 is 11.7 Å². The summed E-state index contributed by atoms with van der Waals surface area (Å²) < 4.78 is 5.42. The van der Waals surface area contributed by atoms with Crippen LogP contribution in [0.2, 0.25) is 10.2 Å². The van der Waals surface area contributed by atoms with Crippen molar-refractivity contribution in [3.63, 3.8) is 0 Å². The monoisotopic (exact) mass is 560 g/mol. The van der Waals surface area contributed by atoms with Crippen molar-refractivity contribution in [1.29, 1.82) is 0 Å². The molecule has 0 bridgehead atoms. The third kappa shape index (κ3) is 6.01. The van der Waals surface area contributed by atoms with E-state index in [9.17, 15) is 4.79 Å². The number of ether oxygens (including phenoxy) is 1. The zero-order valence-corrected chi connectivity index (χ0v) is 25.0. The first kappa shape index (κ1) is 28.4. The van der Waals surface area contributed by atoms with Crippen molar-refractivity contribution >= 4 is 52.5 Å². The van der Waals surface area contributed by atoms with E-state index in [-0.39, 0.29) is 11.1 Å². The minimum absolute atomic E-state index is 0.0589. The van der Waals surface area contributed by atoms with Gasteiger partial charge in [0.1, 0.15) is 34.9 Å². The SMILES string of the molecule is Cc1cc(NC(=O)OC(C)(C)C)nc(C(C)C)c1N1CN=C(N2C[C@@H](C)CC[C@@H]2C)c2cc(Cl)c(Cl)nc21. The van der Waals surface area contributed by atoms with Crippen LogP contribution in [0.1, 0.15) is 84.0 Å². The molecule has 0 spiro atoms. The second-order valence-electron chi connectivity index (χ2n) is 11.7. The minimum atomic E-state index is -0.608. The molecule has 2 aromatic heterocycles. The number of likely N-dealkylation sites (tertiary alicyclic amines) is 1. The van der Waals surface area contributed by atoms with Gasteiger partial charge in [-0.2, -0.15) is 0 Å². The molecule has 4 heterocycles. The number of anilines is 3. The van der Waals surface area contributed by atoms with Crippen LogP contribution in [-0.2, 0) is 4.74 Å². The van der Waals surface area contributed by atoms with Crippen LogP contribution in [0.15, 0.2) is 17.1 Å². The average molecular weight is 562 g/mol. The predicted molar refractivity (Wildman–Crippen MR) is 155 cm³/mol. The van der Waals surface area contributed by atoms with Gasteiger partial charge in [0.2, 0.25) is 0 Å². The number of piperidine rings is 1. The van der Waals surface area contributed by atoms with Gasteiger partial charge >= 0.3 is 6.09 Å².